The monoisotopic (exact) mass is 321 g/mol. The Balaban J connectivity index is 1.95. The lowest BCUT2D eigenvalue weighted by atomic mass is 10.1. The highest BCUT2D eigenvalue weighted by atomic mass is 28.4. The molecule has 1 aliphatic rings. The number of rotatable bonds is 4. The second-order valence-electron chi connectivity index (χ2n) is 7.38. The Labute approximate surface area is 134 Å². The third-order valence-electron chi connectivity index (χ3n) is 4.65. The Morgan fingerprint density at radius 3 is 2.68 bits per heavy atom. The summed E-state index contributed by atoms with van der Waals surface area (Å²) in [6.07, 6.45) is 0. The van der Waals surface area contributed by atoms with Gasteiger partial charge in [0.1, 0.15) is 0 Å². The number of nitrogens with one attached hydrogen (secondary N) is 1. The van der Waals surface area contributed by atoms with Crippen molar-refractivity contribution in [2.45, 2.75) is 45.4 Å². The Kier molecular flexibility index (Phi) is 4.53. The molecule has 2 amide bonds. The quantitative estimate of drug-likeness (QED) is 0.657. The number of nitrogens with zero attached hydrogens (tertiary/aromatic N) is 1. The van der Waals surface area contributed by atoms with Crippen LogP contribution in [-0.2, 0) is 11.0 Å². The molecule has 1 aromatic carbocycles. The Morgan fingerprint density at radius 2 is 2.05 bits per heavy atom. The lowest BCUT2D eigenvalue weighted by Gasteiger charge is -2.37. The van der Waals surface area contributed by atoms with E-state index in [1.165, 1.54) is 0 Å². The second-order valence-corrected chi connectivity index (χ2v) is 12.2. The fraction of sp³-hybridized carbons (Fsp3) is 0.562. The molecule has 5 nitrogen and oxygen atoms in total. The highest BCUT2D eigenvalue weighted by Gasteiger charge is 2.37. The number of hydrogen-bond donors (Lipinski definition) is 2. The van der Waals surface area contributed by atoms with Crippen molar-refractivity contribution >= 4 is 25.7 Å². The van der Waals surface area contributed by atoms with Crippen LogP contribution in [-0.4, -0.2) is 32.4 Å². The van der Waals surface area contributed by atoms with Crippen LogP contribution in [0.15, 0.2) is 18.2 Å². The maximum atomic E-state index is 12.2. The van der Waals surface area contributed by atoms with Crippen molar-refractivity contribution < 1.29 is 9.22 Å². The number of urea groups is 1. The molecule has 3 N–H and O–H groups in total. The van der Waals surface area contributed by atoms with E-state index in [1.54, 1.807) is 11.0 Å². The van der Waals surface area contributed by atoms with Crippen LogP contribution in [0, 0.1) is 0 Å². The molecule has 0 aliphatic carbocycles. The van der Waals surface area contributed by atoms with E-state index in [0.717, 1.165) is 11.3 Å². The van der Waals surface area contributed by atoms with Crippen molar-refractivity contribution in [3.8, 4) is 0 Å². The Bertz CT molecular complexity index is 567. The lowest BCUT2D eigenvalue weighted by molar-refractivity contribution is 0.184. The number of hydrogen-bond acceptors (Lipinski definition) is 3. The first-order valence-electron chi connectivity index (χ1n) is 7.68. The smallest absolute Gasteiger partial charge is 0.322 e. The van der Waals surface area contributed by atoms with Gasteiger partial charge in [0.25, 0.3) is 0 Å². The van der Waals surface area contributed by atoms with Gasteiger partial charge in [0.05, 0.1) is 6.61 Å². The number of nitrogen functional groups attached to an aromatic ring is 1. The van der Waals surface area contributed by atoms with E-state index < -0.39 is 8.32 Å². The number of anilines is 2. The minimum Gasteiger partial charge on any atom is -0.415 e. The first kappa shape index (κ1) is 16.8. The molecule has 0 spiro atoms. The Hall–Kier alpha value is -1.53. The van der Waals surface area contributed by atoms with Crippen molar-refractivity contribution in [3.05, 3.63) is 23.8 Å². The van der Waals surface area contributed by atoms with Gasteiger partial charge in [0.2, 0.25) is 0 Å². The molecule has 0 aromatic heterocycles. The van der Waals surface area contributed by atoms with Gasteiger partial charge in [-0.05, 0) is 35.8 Å². The predicted molar refractivity (Wildman–Crippen MR) is 93.4 cm³/mol. The molecule has 0 saturated carbocycles. The summed E-state index contributed by atoms with van der Waals surface area (Å²) in [5.74, 6) is 0. The summed E-state index contributed by atoms with van der Waals surface area (Å²) < 4.78 is 6.15. The molecule has 2 rings (SSSR count). The normalized spacial score (nSPS) is 15.5. The van der Waals surface area contributed by atoms with E-state index in [0.29, 0.717) is 25.4 Å². The Morgan fingerprint density at radius 1 is 1.36 bits per heavy atom. The molecule has 1 aliphatic heterocycles. The van der Waals surface area contributed by atoms with Crippen LogP contribution in [0.1, 0.15) is 26.3 Å². The van der Waals surface area contributed by atoms with Crippen LogP contribution in [0.5, 0.6) is 0 Å². The molecule has 1 aromatic rings. The fourth-order valence-corrected chi connectivity index (χ4v) is 3.16. The second kappa shape index (κ2) is 5.93. The van der Waals surface area contributed by atoms with Gasteiger partial charge in [0, 0.05) is 24.5 Å². The average molecular weight is 321 g/mol. The standard InChI is InChI=1S/C16H27N3O2Si/c1-16(2,3)22(4,5)21-9-8-19-11-12-6-7-13(17)10-14(12)18-15(19)20/h6-7,10H,8-9,11,17H2,1-5H3,(H,18,20). The molecule has 0 bridgehead atoms. The average Bonchev–Trinajstić information content (AvgIpc) is 2.38. The summed E-state index contributed by atoms with van der Waals surface area (Å²) >= 11 is 0. The minimum absolute atomic E-state index is 0.0862. The van der Waals surface area contributed by atoms with Crippen LogP contribution >= 0.6 is 0 Å². The third-order valence-corrected chi connectivity index (χ3v) is 9.19. The summed E-state index contributed by atoms with van der Waals surface area (Å²) in [5.41, 5.74) is 8.31. The van der Waals surface area contributed by atoms with Crippen LogP contribution in [0.2, 0.25) is 18.1 Å². The molecule has 0 fully saturated rings. The van der Waals surface area contributed by atoms with E-state index in [2.05, 4.69) is 39.2 Å². The maximum Gasteiger partial charge on any atom is 0.322 e. The number of carbonyl (C=O) groups excluding carboxylic acids is 1. The van der Waals surface area contributed by atoms with Crippen molar-refractivity contribution in [2.24, 2.45) is 0 Å². The van der Waals surface area contributed by atoms with Crippen LogP contribution in [0.25, 0.3) is 0 Å². The largest absolute Gasteiger partial charge is 0.415 e. The van der Waals surface area contributed by atoms with Gasteiger partial charge in [-0.3, -0.25) is 0 Å². The predicted octanol–water partition coefficient (Wildman–Crippen LogP) is 3.64. The maximum absolute atomic E-state index is 12.2. The van der Waals surface area contributed by atoms with E-state index in [-0.39, 0.29) is 11.1 Å². The van der Waals surface area contributed by atoms with Crippen molar-refractivity contribution in [3.63, 3.8) is 0 Å². The first-order chi connectivity index (χ1) is 10.1. The zero-order chi connectivity index (χ0) is 16.5. The van der Waals surface area contributed by atoms with Gasteiger partial charge in [-0.25, -0.2) is 4.79 Å². The molecule has 122 valence electrons. The fourth-order valence-electron chi connectivity index (χ4n) is 2.13. The minimum atomic E-state index is -1.77. The zero-order valence-electron chi connectivity index (χ0n) is 14.2. The number of benzene rings is 1. The number of amides is 2. The van der Waals surface area contributed by atoms with Crippen molar-refractivity contribution in [1.82, 2.24) is 4.90 Å². The SMILES string of the molecule is CC(C)(C)[Si](C)(C)OCCN1Cc2ccc(N)cc2NC1=O. The summed E-state index contributed by atoms with van der Waals surface area (Å²) in [7, 11) is -1.77. The molecule has 0 atom stereocenters. The van der Waals surface area contributed by atoms with Gasteiger partial charge in [-0.15, -0.1) is 0 Å². The van der Waals surface area contributed by atoms with E-state index in [1.807, 2.05) is 12.1 Å². The van der Waals surface area contributed by atoms with Crippen LogP contribution in [0.4, 0.5) is 16.2 Å². The van der Waals surface area contributed by atoms with E-state index in [9.17, 15) is 4.79 Å². The van der Waals surface area contributed by atoms with Crippen molar-refractivity contribution in [2.75, 3.05) is 24.2 Å². The van der Waals surface area contributed by atoms with E-state index >= 15 is 0 Å². The van der Waals surface area contributed by atoms with Crippen LogP contribution in [0.3, 0.4) is 0 Å². The molecule has 22 heavy (non-hydrogen) atoms. The lowest BCUT2D eigenvalue weighted by Crippen LogP contribution is -2.45. The van der Waals surface area contributed by atoms with Gasteiger partial charge in [-0.1, -0.05) is 26.8 Å². The number of carbonyl (C=O) groups is 1. The summed E-state index contributed by atoms with van der Waals surface area (Å²) in [5, 5.41) is 3.07. The van der Waals surface area contributed by atoms with Gasteiger partial charge in [-0.2, -0.15) is 0 Å². The summed E-state index contributed by atoms with van der Waals surface area (Å²) in [4.78, 5) is 13.9. The molecule has 0 saturated heterocycles. The summed E-state index contributed by atoms with van der Waals surface area (Å²) in [6, 6.07) is 5.54. The van der Waals surface area contributed by atoms with Crippen LogP contribution < -0.4 is 11.1 Å². The molecule has 1 heterocycles. The highest BCUT2D eigenvalue weighted by molar-refractivity contribution is 6.74. The first-order valence-corrected chi connectivity index (χ1v) is 10.6. The molecular formula is C16H27N3O2Si. The number of fused-ring (bicyclic) bond motifs is 1. The molecular weight excluding hydrogens is 294 g/mol. The molecule has 0 unspecified atom stereocenters. The van der Waals surface area contributed by atoms with Crippen molar-refractivity contribution in [1.29, 1.82) is 0 Å². The number of nitrogens with two attached hydrogens (primary N) is 1. The van der Waals surface area contributed by atoms with Gasteiger partial charge < -0.3 is 20.4 Å². The summed E-state index contributed by atoms with van der Waals surface area (Å²) in [6.45, 7) is 12.9. The van der Waals surface area contributed by atoms with Gasteiger partial charge >= 0.3 is 6.03 Å². The topological polar surface area (TPSA) is 67.6 Å². The zero-order valence-corrected chi connectivity index (χ0v) is 15.2. The van der Waals surface area contributed by atoms with E-state index in [4.69, 9.17) is 10.2 Å². The molecule has 6 heteroatoms. The van der Waals surface area contributed by atoms with Gasteiger partial charge in [0.15, 0.2) is 8.32 Å². The molecule has 0 radical (unpaired) electrons. The third kappa shape index (κ3) is 3.62. The highest BCUT2D eigenvalue weighted by Crippen LogP contribution is 2.36.